The summed E-state index contributed by atoms with van der Waals surface area (Å²) in [7, 11) is 0. The van der Waals surface area contributed by atoms with Crippen LogP contribution < -0.4 is 5.69 Å². The summed E-state index contributed by atoms with van der Waals surface area (Å²) in [6.45, 7) is 7.72. The number of aromatic amines is 1. The van der Waals surface area contributed by atoms with Crippen LogP contribution in [0.25, 0.3) is 22.5 Å². The average Bonchev–Trinajstić information content (AvgIpc) is 3.47. The Morgan fingerprint density at radius 3 is 2.40 bits per heavy atom. The second-order valence-corrected chi connectivity index (χ2v) is 9.75. The molecule has 0 saturated carbocycles. The third kappa shape index (κ3) is 5.73. The number of benzene rings is 2. The van der Waals surface area contributed by atoms with Crippen molar-refractivity contribution in [3.63, 3.8) is 0 Å². The number of unbranched alkanes of at least 4 members (excludes halogenated alkanes) is 2. The van der Waals surface area contributed by atoms with Crippen molar-refractivity contribution >= 4 is 11.6 Å². The van der Waals surface area contributed by atoms with Gasteiger partial charge in [-0.1, -0.05) is 93.7 Å². The normalized spacial score (nSPS) is 11.5. The Labute approximate surface area is 211 Å². The number of hydrogen-bond donors (Lipinski definition) is 1. The maximum Gasteiger partial charge on any atom is 0.329 e. The van der Waals surface area contributed by atoms with Crippen LogP contribution in [0.15, 0.2) is 53.3 Å². The van der Waals surface area contributed by atoms with Crippen molar-refractivity contribution in [2.24, 2.45) is 5.92 Å². The second-order valence-electron chi connectivity index (χ2n) is 9.39. The molecule has 2 heterocycles. The SMILES string of the molecule is CCCCCn1c(Cl)c(CCC(C)C)n(Cc2ccc(-c3ccccc3-c3nnn[nH]3)cc2)c1=O. The molecule has 0 saturated heterocycles. The van der Waals surface area contributed by atoms with Crippen LogP contribution in [0.4, 0.5) is 0 Å². The van der Waals surface area contributed by atoms with Crippen LogP contribution in [0, 0.1) is 5.92 Å². The van der Waals surface area contributed by atoms with Crippen molar-refractivity contribution in [1.29, 1.82) is 0 Å². The molecule has 0 unspecified atom stereocenters. The molecule has 2 aromatic heterocycles. The number of imidazole rings is 1. The van der Waals surface area contributed by atoms with Crippen LogP contribution in [-0.4, -0.2) is 29.8 Å². The van der Waals surface area contributed by atoms with Crippen molar-refractivity contribution in [2.75, 3.05) is 0 Å². The van der Waals surface area contributed by atoms with E-state index in [1.807, 2.05) is 22.8 Å². The zero-order valence-corrected chi connectivity index (χ0v) is 21.4. The van der Waals surface area contributed by atoms with E-state index in [-0.39, 0.29) is 5.69 Å². The molecule has 0 aliphatic carbocycles. The number of hydrogen-bond acceptors (Lipinski definition) is 4. The fraction of sp³-hybridized carbons (Fsp3) is 0.407. The summed E-state index contributed by atoms with van der Waals surface area (Å²) in [5.74, 6) is 1.17. The highest BCUT2D eigenvalue weighted by molar-refractivity contribution is 6.30. The van der Waals surface area contributed by atoms with Gasteiger partial charge in [0, 0.05) is 12.1 Å². The molecular weight excluding hydrogens is 460 g/mol. The van der Waals surface area contributed by atoms with Crippen molar-refractivity contribution in [1.82, 2.24) is 29.8 Å². The van der Waals surface area contributed by atoms with Gasteiger partial charge in [-0.05, 0) is 52.3 Å². The van der Waals surface area contributed by atoms with Gasteiger partial charge in [0.2, 0.25) is 0 Å². The Morgan fingerprint density at radius 2 is 1.74 bits per heavy atom. The van der Waals surface area contributed by atoms with E-state index in [2.05, 4.69) is 71.7 Å². The molecule has 2 aromatic carbocycles. The highest BCUT2D eigenvalue weighted by Crippen LogP contribution is 2.30. The van der Waals surface area contributed by atoms with Crippen LogP contribution in [0.3, 0.4) is 0 Å². The van der Waals surface area contributed by atoms with Gasteiger partial charge in [0.25, 0.3) is 0 Å². The first-order valence-corrected chi connectivity index (χ1v) is 12.8. The number of tetrazole rings is 1. The summed E-state index contributed by atoms with van der Waals surface area (Å²) in [4.78, 5) is 13.3. The maximum atomic E-state index is 13.3. The Bertz CT molecular complexity index is 1290. The number of aromatic nitrogens is 6. The molecule has 0 aliphatic rings. The zero-order chi connectivity index (χ0) is 24.8. The number of rotatable bonds is 11. The Hall–Kier alpha value is -3.19. The second kappa shape index (κ2) is 11.5. The van der Waals surface area contributed by atoms with Gasteiger partial charge in [-0.2, -0.15) is 0 Å². The Kier molecular flexibility index (Phi) is 8.18. The fourth-order valence-electron chi connectivity index (χ4n) is 4.34. The molecule has 0 spiro atoms. The zero-order valence-electron chi connectivity index (χ0n) is 20.7. The minimum Gasteiger partial charge on any atom is -0.290 e. The third-order valence-corrected chi connectivity index (χ3v) is 6.76. The van der Waals surface area contributed by atoms with E-state index in [9.17, 15) is 4.79 Å². The van der Waals surface area contributed by atoms with Crippen molar-refractivity contribution in [3.05, 3.63) is 75.4 Å². The van der Waals surface area contributed by atoms with E-state index in [1.54, 1.807) is 4.57 Å². The largest absolute Gasteiger partial charge is 0.329 e. The van der Waals surface area contributed by atoms with Gasteiger partial charge < -0.3 is 0 Å². The minimum atomic E-state index is -0.0166. The lowest BCUT2D eigenvalue weighted by atomic mass is 9.98. The van der Waals surface area contributed by atoms with Gasteiger partial charge in [-0.3, -0.25) is 9.13 Å². The topological polar surface area (TPSA) is 81.4 Å². The molecule has 0 bridgehead atoms. The Balaban J connectivity index is 1.62. The van der Waals surface area contributed by atoms with Crippen molar-refractivity contribution in [2.45, 2.75) is 66.0 Å². The molecule has 184 valence electrons. The smallest absolute Gasteiger partial charge is 0.290 e. The minimum absolute atomic E-state index is 0.0166. The first kappa shape index (κ1) is 24.9. The van der Waals surface area contributed by atoms with Gasteiger partial charge in [0.1, 0.15) is 5.15 Å². The predicted molar refractivity (Wildman–Crippen MR) is 141 cm³/mol. The quantitative estimate of drug-likeness (QED) is 0.261. The van der Waals surface area contributed by atoms with E-state index in [4.69, 9.17) is 11.6 Å². The van der Waals surface area contributed by atoms with Crippen LogP contribution in [0.2, 0.25) is 5.15 Å². The molecule has 4 rings (SSSR count). The van der Waals surface area contributed by atoms with Crippen LogP contribution in [-0.2, 0) is 19.5 Å². The van der Waals surface area contributed by atoms with Gasteiger partial charge >= 0.3 is 5.69 Å². The van der Waals surface area contributed by atoms with Gasteiger partial charge in [0.05, 0.1) is 12.2 Å². The van der Waals surface area contributed by atoms with E-state index in [0.717, 1.165) is 60.1 Å². The molecular formula is C27H33ClN6O. The lowest BCUT2D eigenvalue weighted by Gasteiger charge is -2.11. The first-order valence-electron chi connectivity index (χ1n) is 12.4. The molecule has 4 aromatic rings. The van der Waals surface area contributed by atoms with Crippen molar-refractivity contribution < 1.29 is 0 Å². The first-order chi connectivity index (χ1) is 17.0. The molecule has 0 amide bonds. The highest BCUT2D eigenvalue weighted by Gasteiger charge is 2.19. The standard InChI is InChI=1S/C27H33ClN6O/c1-4-5-8-17-33-25(28)24(16-11-19(2)3)34(27(33)35)18-20-12-14-21(15-13-20)22-9-6-7-10-23(22)26-29-31-32-30-26/h6-7,9-10,12-15,19H,4-5,8,11,16-18H2,1-3H3,(H,29,30,31,32). The molecule has 1 N–H and O–H groups in total. The Morgan fingerprint density at radius 1 is 1.00 bits per heavy atom. The van der Waals surface area contributed by atoms with Crippen molar-refractivity contribution in [3.8, 4) is 22.5 Å². The van der Waals surface area contributed by atoms with Gasteiger partial charge in [0.15, 0.2) is 5.82 Å². The molecule has 8 heteroatoms. The maximum absolute atomic E-state index is 13.3. The number of nitrogens with zero attached hydrogens (tertiary/aromatic N) is 5. The molecule has 0 radical (unpaired) electrons. The summed E-state index contributed by atoms with van der Waals surface area (Å²) in [6.07, 6.45) is 4.93. The van der Waals surface area contributed by atoms with Crippen LogP contribution in [0.1, 0.15) is 57.7 Å². The third-order valence-electron chi connectivity index (χ3n) is 6.34. The van der Waals surface area contributed by atoms with Gasteiger partial charge in [-0.15, -0.1) is 5.10 Å². The summed E-state index contributed by atoms with van der Waals surface area (Å²) < 4.78 is 3.61. The molecule has 0 atom stereocenters. The summed E-state index contributed by atoms with van der Waals surface area (Å²) in [6, 6.07) is 16.3. The average molecular weight is 493 g/mol. The van der Waals surface area contributed by atoms with Crippen LogP contribution >= 0.6 is 11.6 Å². The number of nitrogens with one attached hydrogen (secondary N) is 1. The van der Waals surface area contributed by atoms with Gasteiger partial charge in [-0.25, -0.2) is 9.89 Å². The van der Waals surface area contributed by atoms with E-state index in [0.29, 0.717) is 30.0 Å². The number of halogens is 1. The molecule has 0 aliphatic heterocycles. The molecule has 35 heavy (non-hydrogen) atoms. The molecule has 7 nitrogen and oxygen atoms in total. The summed E-state index contributed by atoms with van der Waals surface area (Å²) in [5, 5.41) is 14.9. The number of H-pyrrole nitrogens is 1. The molecule has 0 fully saturated rings. The predicted octanol–water partition coefficient (Wildman–Crippen LogP) is 5.98. The highest BCUT2D eigenvalue weighted by atomic mass is 35.5. The van der Waals surface area contributed by atoms with Crippen LogP contribution in [0.5, 0.6) is 0 Å². The van der Waals surface area contributed by atoms with E-state index in [1.165, 1.54) is 0 Å². The lowest BCUT2D eigenvalue weighted by molar-refractivity contribution is 0.561. The lowest BCUT2D eigenvalue weighted by Crippen LogP contribution is -2.26. The van der Waals surface area contributed by atoms with E-state index < -0.39 is 0 Å². The summed E-state index contributed by atoms with van der Waals surface area (Å²) in [5.41, 5.74) is 5.02. The fourth-order valence-corrected chi connectivity index (χ4v) is 4.69. The monoisotopic (exact) mass is 492 g/mol. The van der Waals surface area contributed by atoms with E-state index >= 15 is 0 Å². The summed E-state index contributed by atoms with van der Waals surface area (Å²) >= 11 is 6.76.